The maximum atomic E-state index is 13.6. The fourth-order valence-corrected chi connectivity index (χ4v) is 4.37. The van der Waals surface area contributed by atoms with Gasteiger partial charge in [-0.25, -0.2) is 4.98 Å². The van der Waals surface area contributed by atoms with Gasteiger partial charge in [0.25, 0.3) is 11.8 Å². The number of nitrogens with zero attached hydrogens (tertiary/aromatic N) is 4. The van der Waals surface area contributed by atoms with Gasteiger partial charge in [-0.2, -0.15) is 5.26 Å². The number of benzene rings is 2. The molecule has 0 unspecified atom stereocenters. The third-order valence-electron chi connectivity index (χ3n) is 6.69. The van der Waals surface area contributed by atoms with Gasteiger partial charge in [-0.05, 0) is 42.8 Å². The minimum atomic E-state index is -0.439. The Morgan fingerprint density at radius 3 is 2.57 bits per heavy atom. The quantitative estimate of drug-likeness (QED) is 0.556. The Morgan fingerprint density at radius 2 is 1.92 bits per heavy atom. The van der Waals surface area contributed by atoms with Crippen LogP contribution < -0.4 is 4.74 Å². The first-order valence-electron chi connectivity index (χ1n) is 12.2. The van der Waals surface area contributed by atoms with Crippen molar-refractivity contribution in [2.75, 3.05) is 26.7 Å². The lowest BCUT2D eigenvalue weighted by molar-refractivity contribution is 0.0313. The van der Waals surface area contributed by atoms with Crippen molar-refractivity contribution in [3.05, 3.63) is 83.6 Å². The van der Waals surface area contributed by atoms with Crippen molar-refractivity contribution in [2.24, 2.45) is 5.92 Å². The second-order valence-electron chi connectivity index (χ2n) is 9.44. The predicted molar refractivity (Wildman–Crippen MR) is 139 cm³/mol. The van der Waals surface area contributed by atoms with Gasteiger partial charge in [0.05, 0.1) is 30.8 Å². The van der Waals surface area contributed by atoms with E-state index >= 15 is 0 Å². The first-order chi connectivity index (χ1) is 17.8. The molecule has 1 aliphatic heterocycles. The van der Waals surface area contributed by atoms with Crippen molar-refractivity contribution in [2.45, 2.75) is 26.0 Å². The molecule has 1 aromatic heterocycles. The van der Waals surface area contributed by atoms with Crippen LogP contribution in [0.1, 0.15) is 40.1 Å². The van der Waals surface area contributed by atoms with Crippen molar-refractivity contribution in [1.82, 2.24) is 14.8 Å². The summed E-state index contributed by atoms with van der Waals surface area (Å²) in [5, 5.41) is 19.0. The summed E-state index contributed by atoms with van der Waals surface area (Å²) in [6.07, 6.45) is 1.20. The van der Waals surface area contributed by atoms with E-state index in [0.717, 1.165) is 5.56 Å². The number of pyridine rings is 1. The summed E-state index contributed by atoms with van der Waals surface area (Å²) in [6, 6.07) is 19.5. The molecule has 37 heavy (non-hydrogen) atoms. The van der Waals surface area contributed by atoms with Gasteiger partial charge in [0, 0.05) is 36.8 Å². The fraction of sp³-hybridized carbons (Fsp3) is 0.310. The van der Waals surface area contributed by atoms with Gasteiger partial charge >= 0.3 is 0 Å². The van der Waals surface area contributed by atoms with Crippen LogP contribution in [0.2, 0.25) is 0 Å². The van der Waals surface area contributed by atoms with E-state index in [1.165, 1.54) is 0 Å². The number of hydrogen-bond acceptors (Lipinski definition) is 6. The number of ether oxygens (including phenoxy) is 1. The number of nitriles is 1. The van der Waals surface area contributed by atoms with E-state index in [1.807, 2.05) is 25.1 Å². The summed E-state index contributed by atoms with van der Waals surface area (Å²) in [4.78, 5) is 34.4. The molecule has 2 amide bonds. The van der Waals surface area contributed by atoms with Gasteiger partial charge in [0.15, 0.2) is 0 Å². The highest BCUT2D eigenvalue weighted by Gasteiger charge is 2.35. The number of likely N-dealkylation sites (N-methyl/N-ethyl adjacent to an activating group) is 1. The molecule has 0 radical (unpaired) electrons. The van der Waals surface area contributed by atoms with Gasteiger partial charge in [-0.1, -0.05) is 37.3 Å². The van der Waals surface area contributed by atoms with Crippen molar-refractivity contribution < 1.29 is 19.4 Å². The van der Waals surface area contributed by atoms with Crippen molar-refractivity contribution >= 4 is 11.8 Å². The molecule has 1 N–H and O–H groups in total. The van der Waals surface area contributed by atoms with Gasteiger partial charge in [0.2, 0.25) is 5.88 Å². The Hall–Kier alpha value is -4.22. The molecule has 0 aliphatic carbocycles. The molecule has 0 saturated carbocycles. The topological polar surface area (TPSA) is 107 Å². The first kappa shape index (κ1) is 25.9. The number of fused-ring (bicyclic) bond motifs is 1. The lowest BCUT2D eigenvalue weighted by atomic mass is 9.98. The molecule has 8 heteroatoms. The molecule has 0 bridgehead atoms. The summed E-state index contributed by atoms with van der Waals surface area (Å²) < 4.78 is 6.31. The summed E-state index contributed by atoms with van der Waals surface area (Å²) in [5.74, 6) is -0.357. The maximum Gasteiger partial charge on any atom is 0.259 e. The lowest BCUT2D eigenvalue weighted by Gasteiger charge is -2.37. The van der Waals surface area contributed by atoms with Crippen molar-refractivity contribution in [1.29, 1.82) is 5.26 Å². The second kappa shape index (κ2) is 11.2. The van der Waals surface area contributed by atoms with Crippen LogP contribution in [-0.2, 0) is 0 Å². The van der Waals surface area contributed by atoms with Crippen LogP contribution in [0.3, 0.4) is 0 Å². The number of rotatable bonds is 6. The Labute approximate surface area is 216 Å². The number of aliphatic hydroxyl groups is 1. The predicted octanol–water partition coefficient (Wildman–Crippen LogP) is 3.61. The molecule has 0 spiro atoms. The molecule has 0 fully saturated rings. The maximum absolute atomic E-state index is 13.6. The third kappa shape index (κ3) is 5.63. The van der Waals surface area contributed by atoms with E-state index in [9.17, 15) is 14.7 Å². The van der Waals surface area contributed by atoms with Crippen LogP contribution in [-0.4, -0.2) is 70.6 Å². The molecule has 190 valence electrons. The lowest BCUT2D eigenvalue weighted by Crippen LogP contribution is -2.50. The summed E-state index contributed by atoms with van der Waals surface area (Å²) in [7, 11) is 1.73. The third-order valence-corrected chi connectivity index (χ3v) is 6.69. The van der Waals surface area contributed by atoms with E-state index in [2.05, 4.69) is 11.1 Å². The van der Waals surface area contributed by atoms with E-state index in [4.69, 9.17) is 10.00 Å². The molecular formula is C29H30N4O4. The van der Waals surface area contributed by atoms with E-state index in [-0.39, 0.29) is 35.8 Å². The molecule has 1 aliphatic rings. The van der Waals surface area contributed by atoms with E-state index < -0.39 is 12.1 Å². The molecule has 4 rings (SSSR count). The highest BCUT2D eigenvalue weighted by atomic mass is 16.5. The van der Waals surface area contributed by atoms with Crippen LogP contribution >= 0.6 is 0 Å². The summed E-state index contributed by atoms with van der Waals surface area (Å²) in [6.45, 7) is 4.22. The number of hydrogen-bond donors (Lipinski definition) is 1. The first-order valence-corrected chi connectivity index (χ1v) is 12.2. The molecule has 0 saturated heterocycles. The molecule has 2 heterocycles. The molecular weight excluding hydrogens is 468 g/mol. The number of carbonyl (C=O) groups is 2. The Bertz CT molecular complexity index is 1300. The highest BCUT2D eigenvalue weighted by Crippen LogP contribution is 2.30. The largest absolute Gasteiger partial charge is 0.472 e. The normalized spacial score (nSPS) is 18.0. The Kier molecular flexibility index (Phi) is 7.85. The van der Waals surface area contributed by atoms with Crippen molar-refractivity contribution in [3.63, 3.8) is 0 Å². The van der Waals surface area contributed by atoms with Gasteiger partial charge < -0.3 is 19.6 Å². The SMILES string of the molecule is C[C@@H]1CN([C@H](C)CO)C(=O)c2cc(-c3ccc(C#N)cc3)cnc2O[C@@H]1CN(C)C(=O)c1ccccc1. The van der Waals surface area contributed by atoms with Crippen molar-refractivity contribution in [3.8, 4) is 23.1 Å². The van der Waals surface area contributed by atoms with Crippen LogP contribution in [0, 0.1) is 17.2 Å². The monoisotopic (exact) mass is 498 g/mol. The standard InChI is InChI=1S/C29H30N4O4/c1-19-16-33(20(2)18-34)29(36)25-13-24(22-11-9-21(14-30)10-12-22)15-31-27(25)37-26(19)17-32(3)28(35)23-7-5-4-6-8-23/h4-13,15,19-20,26,34H,16-18H2,1-3H3/t19-,20-,26-/m1/s1. The highest BCUT2D eigenvalue weighted by molar-refractivity contribution is 5.98. The molecule has 8 nitrogen and oxygen atoms in total. The zero-order valence-corrected chi connectivity index (χ0v) is 21.2. The molecule has 3 aromatic rings. The minimum absolute atomic E-state index is 0.125. The number of aromatic nitrogens is 1. The molecule has 3 atom stereocenters. The van der Waals surface area contributed by atoms with Crippen LogP contribution in [0.25, 0.3) is 11.1 Å². The minimum Gasteiger partial charge on any atom is -0.472 e. The van der Waals surface area contributed by atoms with E-state index in [1.54, 1.807) is 72.4 Å². The zero-order chi connectivity index (χ0) is 26.5. The second-order valence-corrected chi connectivity index (χ2v) is 9.44. The van der Waals surface area contributed by atoms with Gasteiger partial charge in [-0.15, -0.1) is 0 Å². The van der Waals surface area contributed by atoms with Crippen LogP contribution in [0.15, 0.2) is 66.9 Å². The average molecular weight is 499 g/mol. The number of amides is 2. The number of carbonyl (C=O) groups excluding carboxylic acids is 2. The Morgan fingerprint density at radius 1 is 1.22 bits per heavy atom. The summed E-state index contributed by atoms with van der Waals surface area (Å²) >= 11 is 0. The van der Waals surface area contributed by atoms with Gasteiger partial charge in [0.1, 0.15) is 11.7 Å². The average Bonchev–Trinajstić information content (AvgIpc) is 2.94. The fourth-order valence-electron chi connectivity index (χ4n) is 4.37. The number of aliphatic hydroxyl groups excluding tert-OH is 1. The zero-order valence-electron chi connectivity index (χ0n) is 21.2. The van der Waals surface area contributed by atoms with Crippen LogP contribution in [0.4, 0.5) is 0 Å². The Balaban J connectivity index is 1.68. The van der Waals surface area contributed by atoms with Crippen LogP contribution in [0.5, 0.6) is 5.88 Å². The van der Waals surface area contributed by atoms with E-state index in [0.29, 0.717) is 29.8 Å². The van der Waals surface area contributed by atoms with Gasteiger partial charge in [-0.3, -0.25) is 9.59 Å². The summed E-state index contributed by atoms with van der Waals surface area (Å²) in [5.41, 5.74) is 2.93. The molecule has 2 aromatic carbocycles. The smallest absolute Gasteiger partial charge is 0.259 e.